The summed E-state index contributed by atoms with van der Waals surface area (Å²) in [5, 5.41) is 3.95. The molecule has 1 N–H and O–H groups in total. The SMILES string of the molecule is CN1C(=O)[C@@H](NCCC2=CCN(Cc3ccccc3F)C=C2Cl)COc2cc3nc(C4CC4)oc3cc21. The molecule has 2 aliphatic heterocycles. The van der Waals surface area contributed by atoms with Crippen LogP contribution in [0.3, 0.4) is 0 Å². The zero-order valence-corrected chi connectivity index (χ0v) is 21.3. The molecule has 3 aliphatic rings. The van der Waals surface area contributed by atoms with Crippen LogP contribution in [0, 0.1) is 5.82 Å². The van der Waals surface area contributed by atoms with E-state index in [1.807, 2.05) is 29.3 Å². The molecule has 0 bridgehead atoms. The van der Waals surface area contributed by atoms with Crippen LogP contribution in [0.15, 0.2) is 63.7 Å². The van der Waals surface area contributed by atoms with Gasteiger partial charge in [-0.3, -0.25) is 4.79 Å². The number of oxazole rings is 1. The second-order valence-electron chi connectivity index (χ2n) is 9.81. The zero-order valence-electron chi connectivity index (χ0n) is 20.5. The Labute approximate surface area is 219 Å². The van der Waals surface area contributed by atoms with Gasteiger partial charge in [0.25, 0.3) is 0 Å². The van der Waals surface area contributed by atoms with Gasteiger partial charge in [-0.25, -0.2) is 9.37 Å². The van der Waals surface area contributed by atoms with Crippen LogP contribution in [0.4, 0.5) is 10.1 Å². The molecule has 0 saturated heterocycles. The molecular weight excluding hydrogens is 495 g/mol. The van der Waals surface area contributed by atoms with Gasteiger partial charge in [-0.2, -0.15) is 0 Å². The fraction of sp³-hybridized carbons (Fsp3) is 0.357. The first-order chi connectivity index (χ1) is 18.0. The summed E-state index contributed by atoms with van der Waals surface area (Å²) in [5.74, 6) is 1.51. The third kappa shape index (κ3) is 4.95. The Bertz CT molecular complexity index is 1410. The van der Waals surface area contributed by atoms with Crippen molar-refractivity contribution in [3.05, 3.63) is 76.6 Å². The molecule has 1 fully saturated rings. The smallest absolute Gasteiger partial charge is 0.247 e. The molecule has 3 heterocycles. The second-order valence-corrected chi connectivity index (χ2v) is 10.2. The number of hydrogen-bond donors (Lipinski definition) is 1. The van der Waals surface area contributed by atoms with Crippen molar-refractivity contribution in [1.82, 2.24) is 15.2 Å². The molecular formula is C28H28ClFN4O3. The fourth-order valence-electron chi connectivity index (χ4n) is 4.77. The third-order valence-corrected chi connectivity index (χ3v) is 7.44. The molecule has 2 aromatic carbocycles. The monoisotopic (exact) mass is 522 g/mol. The number of allylic oxidation sites excluding steroid dienone is 1. The first-order valence-corrected chi connectivity index (χ1v) is 13.0. The van der Waals surface area contributed by atoms with Crippen LogP contribution >= 0.6 is 11.6 Å². The molecule has 1 saturated carbocycles. The van der Waals surface area contributed by atoms with E-state index in [1.54, 1.807) is 24.1 Å². The topological polar surface area (TPSA) is 70.8 Å². The molecule has 7 nitrogen and oxygen atoms in total. The van der Waals surface area contributed by atoms with E-state index in [9.17, 15) is 9.18 Å². The maximum atomic E-state index is 14.0. The molecule has 1 amide bonds. The maximum absolute atomic E-state index is 14.0. The van der Waals surface area contributed by atoms with Crippen molar-refractivity contribution in [3.8, 4) is 5.75 Å². The number of ether oxygens (including phenoxy) is 1. The minimum absolute atomic E-state index is 0.0737. The molecule has 37 heavy (non-hydrogen) atoms. The maximum Gasteiger partial charge on any atom is 0.247 e. The Morgan fingerprint density at radius 2 is 2.08 bits per heavy atom. The van der Waals surface area contributed by atoms with Gasteiger partial charge < -0.3 is 24.3 Å². The summed E-state index contributed by atoms with van der Waals surface area (Å²) < 4.78 is 26.0. The van der Waals surface area contributed by atoms with Crippen LogP contribution in [0.25, 0.3) is 11.1 Å². The fourth-order valence-corrected chi connectivity index (χ4v) is 5.08. The number of fused-ring (bicyclic) bond motifs is 2. The van der Waals surface area contributed by atoms with Gasteiger partial charge in [0, 0.05) is 56.5 Å². The minimum Gasteiger partial charge on any atom is -0.489 e. The molecule has 6 rings (SSSR count). The number of anilines is 1. The minimum atomic E-state index is -0.497. The lowest BCUT2D eigenvalue weighted by atomic mass is 10.1. The van der Waals surface area contributed by atoms with Gasteiger partial charge in [0.15, 0.2) is 11.5 Å². The van der Waals surface area contributed by atoms with Gasteiger partial charge in [-0.05, 0) is 30.9 Å². The Morgan fingerprint density at radius 1 is 1.24 bits per heavy atom. The normalized spacial score (nSPS) is 19.9. The van der Waals surface area contributed by atoms with Crippen LogP contribution in [-0.2, 0) is 11.3 Å². The summed E-state index contributed by atoms with van der Waals surface area (Å²) >= 11 is 6.53. The number of nitrogens with one attached hydrogen (secondary N) is 1. The number of carbonyl (C=O) groups excluding carboxylic acids is 1. The second kappa shape index (κ2) is 9.84. The highest BCUT2D eigenvalue weighted by molar-refractivity contribution is 6.32. The van der Waals surface area contributed by atoms with Crippen molar-refractivity contribution in [2.45, 2.75) is 37.8 Å². The summed E-state index contributed by atoms with van der Waals surface area (Å²) in [4.78, 5) is 21.4. The summed E-state index contributed by atoms with van der Waals surface area (Å²) in [5.41, 5.74) is 3.73. The first-order valence-electron chi connectivity index (χ1n) is 12.6. The van der Waals surface area contributed by atoms with Gasteiger partial charge in [0.2, 0.25) is 5.91 Å². The molecule has 0 radical (unpaired) electrons. The van der Waals surface area contributed by atoms with Gasteiger partial charge in [0.1, 0.15) is 29.7 Å². The van der Waals surface area contributed by atoms with E-state index in [0.717, 1.165) is 29.8 Å². The molecule has 3 aromatic rings. The first kappa shape index (κ1) is 24.0. The average Bonchev–Trinajstić information content (AvgIpc) is 3.67. The number of nitrogens with zero attached hydrogens (tertiary/aromatic N) is 3. The van der Waals surface area contributed by atoms with E-state index >= 15 is 0 Å². The van der Waals surface area contributed by atoms with E-state index in [1.165, 1.54) is 6.07 Å². The highest BCUT2D eigenvalue weighted by Crippen LogP contribution is 2.42. The lowest BCUT2D eigenvalue weighted by Gasteiger charge is -2.25. The number of aromatic nitrogens is 1. The van der Waals surface area contributed by atoms with Crippen molar-refractivity contribution in [2.75, 3.05) is 31.6 Å². The predicted octanol–water partition coefficient (Wildman–Crippen LogP) is 5.07. The Balaban J connectivity index is 1.06. The lowest BCUT2D eigenvalue weighted by Crippen LogP contribution is -2.47. The Kier molecular flexibility index (Phi) is 6.38. The number of amides is 1. The van der Waals surface area contributed by atoms with E-state index in [-0.39, 0.29) is 18.3 Å². The molecule has 0 unspecified atom stereocenters. The quantitative estimate of drug-likeness (QED) is 0.467. The van der Waals surface area contributed by atoms with Gasteiger partial charge >= 0.3 is 0 Å². The summed E-state index contributed by atoms with van der Waals surface area (Å²) in [6, 6.07) is 9.96. The van der Waals surface area contributed by atoms with E-state index in [2.05, 4.69) is 16.4 Å². The van der Waals surface area contributed by atoms with E-state index < -0.39 is 6.04 Å². The highest BCUT2D eigenvalue weighted by Gasteiger charge is 2.32. The number of benzene rings is 2. The van der Waals surface area contributed by atoms with E-state index in [4.69, 9.17) is 20.8 Å². The summed E-state index contributed by atoms with van der Waals surface area (Å²) in [6.07, 6.45) is 6.78. The van der Waals surface area contributed by atoms with Crippen molar-refractivity contribution >= 4 is 34.3 Å². The molecule has 1 atom stereocenters. The average molecular weight is 523 g/mol. The lowest BCUT2D eigenvalue weighted by molar-refractivity contribution is -0.120. The summed E-state index contributed by atoms with van der Waals surface area (Å²) in [7, 11) is 1.75. The molecule has 0 spiro atoms. The van der Waals surface area contributed by atoms with Gasteiger partial charge in [0.05, 0.1) is 10.7 Å². The third-order valence-electron chi connectivity index (χ3n) is 7.10. The van der Waals surface area contributed by atoms with Crippen molar-refractivity contribution < 1.29 is 18.3 Å². The summed E-state index contributed by atoms with van der Waals surface area (Å²) in [6.45, 7) is 1.87. The number of carbonyl (C=O) groups is 1. The predicted molar refractivity (Wildman–Crippen MR) is 140 cm³/mol. The van der Waals surface area contributed by atoms with Crippen LogP contribution in [-0.4, -0.2) is 48.6 Å². The standard InChI is InChI=1S/C28H28ClFN4O3/c1-33-24-13-25-22(32-27(37-25)18-6-7-18)12-26(24)36-16-23(28(33)35)31-10-8-17-9-11-34(15-20(17)29)14-19-4-2-3-5-21(19)30/h2-5,9,12-13,15,18,23,31H,6-8,10-11,14,16H2,1H3/t23-/m0/s1. The van der Waals surface area contributed by atoms with Crippen LogP contribution in [0.5, 0.6) is 5.75 Å². The number of hydrogen-bond acceptors (Lipinski definition) is 6. The van der Waals surface area contributed by atoms with Crippen molar-refractivity contribution in [2.24, 2.45) is 0 Å². The van der Waals surface area contributed by atoms with Crippen molar-refractivity contribution in [1.29, 1.82) is 0 Å². The number of rotatable bonds is 7. The number of likely N-dealkylation sites (N-methyl/N-ethyl adjacent to an activating group) is 1. The molecule has 1 aliphatic carbocycles. The Morgan fingerprint density at radius 3 is 2.86 bits per heavy atom. The van der Waals surface area contributed by atoms with Crippen LogP contribution < -0.4 is 15.0 Å². The molecule has 9 heteroatoms. The van der Waals surface area contributed by atoms with Crippen LogP contribution in [0.2, 0.25) is 0 Å². The molecule has 192 valence electrons. The number of halogens is 2. The van der Waals surface area contributed by atoms with Gasteiger partial charge in [-0.1, -0.05) is 35.9 Å². The zero-order chi connectivity index (χ0) is 25.5. The van der Waals surface area contributed by atoms with Gasteiger partial charge in [-0.15, -0.1) is 0 Å². The van der Waals surface area contributed by atoms with Crippen molar-refractivity contribution in [3.63, 3.8) is 0 Å². The van der Waals surface area contributed by atoms with E-state index in [0.29, 0.717) is 59.6 Å². The molecule has 1 aromatic heterocycles. The highest BCUT2D eigenvalue weighted by atomic mass is 35.5. The Hall–Kier alpha value is -3.36. The largest absolute Gasteiger partial charge is 0.489 e. The van der Waals surface area contributed by atoms with Crippen LogP contribution in [0.1, 0.15) is 36.6 Å².